The van der Waals surface area contributed by atoms with E-state index >= 15 is 0 Å². The van der Waals surface area contributed by atoms with Crippen molar-refractivity contribution in [3.8, 4) is 0 Å². The number of nitro groups is 1. The molecule has 12 heavy (non-hydrogen) atoms. The molecule has 3 nitrogen and oxygen atoms in total. The second-order valence-electron chi connectivity index (χ2n) is 2.49. The summed E-state index contributed by atoms with van der Waals surface area (Å²) in [6.45, 7) is 3.47. The summed E-state index contributed by atoms with van der Waals surface area (Å²) < 4.78 is 0. The summed E-state index contributed by atoms with van der Waals surface area (Å²) in [4.78, 5) is 12.0. The van der Waals surface area contributed by atoms with Crippen LogP contribution < -0.4 is 0 Å². The third kappa shape index (κ3) is 2.17. The smallest absolute Gasteiger partial charge is 0.244 e. The number of allylic oxidation sites excluding steroid dienone is 1. The molecule has 1 aromatic rings. The first-order valence-corrected chi connectivity index (χ1v) is 4.30. The third-order valence-electron chi connectivity index (χ3n) is 1.40. The maximum Gasteiger partial charge on any atom is 0.244 e. The van der Waals surface area contributed by atoms with Crippen LogP contribution in [0.4, 0.5) is 0 Å². The van der Waals surface area contributed by atoms with E-state index in [1.165, 1.54) is 6.92 Å². The van der Waals surface area contributed by atoms with Gasteiger partial charge in [-0.2, -0.15) is 0 Å². The first-order chi connectivity index (χ1) is 5.59. The molecule has 1 heterocycles. The van der Waals surface area contributed by atoms with Gasteiger partial charge in [-0.15, -0.1) is 11.3 Å². The summed E-state index contributed by atoms with van der Waals surface area (Å²) >= 11 is 1.55. The average Bonchev–Trinajstić information content (AvgIpc) is 2.35. The van der Waals surface area contributed by atoms with Crippen molar-refractivity contribution in [1.82, 2.24) is 0 Å². The molecular formula is C8H9NO2S. The largest absolute Gasteiger partial charge is 0.259 e. The van der Waals surface area contributed by atoms with Crippen LogP contribution in [0.3, 0.4) is 0 Å². The predicted octanol–water partition coefficient (Wildman–Crippen LogP) is 2.69. The van der Waals surface area contributed by atoms with Crippen LogP contribution in [0.2, 0.25) is 0 Å². The molecule has 0 saturated heterocycles. The summed E-state index contributed by atoms with van der Waals surface area (Å²) in [6, 6.07) is 3.83. The molecule has 0 spiro atoms. The van der Waals surface area contributed by atoms with Crippen molar-refractivity contribution in [3.05, 3.63) is 37.7 Å². The fourth-order valence-corrected chi connectivity index (χ4v) is 1.66. The Morgan fingerprint density at radius 3 is 2.75 bits per heavy atom. The molecule has 0 radical (unpaired) electrons. The van der Waals surface area contributed by atoms with Crippen LogP contribution in [0.1, 0.15) is 16.7 Å². The summed E-state index contributed by atoms with van der Waals surface area (Å²) in [7, 11) is 0. The standard InChI is InChI=1S/C8H9NO2S/c1-6(9(10)11)5-8-4-3-7(2)12-8/h3-5H,1-2H3/b6-5-. The number of thiophene rings is 1. The number of hydrogen-bond donors (Lipinski definition) is 0. The molecule has 0 aliphatic carbocycles. The van der Waals surface area contributed by atoms with Crippen LogP contribution in [0, 0.1) is 17.0 Å². The number of nitrogens with zero attached hydrogens (tertiary/aromatic N) is 1. The fourth-order valence-electron chi connectivity index (χ4n) is 0.790. The van der Waals surface area contributed by atoms with Gasteiger partial charge in [-0.25, -0.2) is 0 Å². The zero-order chi connectivity index (χ0) is 9.14. The minimum Gasteiger partial charge on any atom is -0.259 e. The minimum absolute atomic E-state index is 0.178. The van der Waals surface area contributed by atoms with Gasteiger partial charge < -0.3 is 0 Å². The van der Waals surface area contributed by atoms with Gasteiger partial charge in [0.15, 0.2) is 0 Å². The van der Waals surface area contributed by atoms with Gasteiger partial charge >= 0.3 is 0 Å². The van der Waals surface area contributed by atoms with Crippen molar-refractivity contribution in [3.63, 3.8) is 0 Å². The molecule has 1 rings (SSSR count). The van der Waals surface area contributed by atoms with E-state index in [-0.39, 0.29) is 10.6 Å². The molecule has 0 N–H and O–H groups in total. The summed E-state index contributed by atoms with van der Waals surface area (Å²) in [5, 5.41) is 10.3. The Morgan fingerprint density at radius 1 is 1.67 bits per heavy atom. The molecule has 0 bridgehead atoms. The van der Waals surface area contributed by atoms with E-state index in [9.17, 15) is 10.1 Å². The van der Waals surface area contributed by atoms with Crippen LogP contribution in [-0.4, -0.2) is 4.92 Å². The maximum absolute atomic E-state index is 10.3. The zero-order valence-corrected chi connectivity index (χ0v) is 7.72. The Hall–Kier alpha value is -1.16. The highest BCUT2D eigenvalue weighted by molar-refractivity contribution is 7.12. The lowest BCUT2D eigenvalue weighted by molar-refractivity contribution is -0.422. The van der Waals surface area contributed by atoms with Gasteiger partial charge in [-0.1, -0.05) is 0 Å². The quantitative estimate of drug-likeness (QED) is 0.522. The minimum atomic E-state index is -0.380. The first kappa shape index (κ1) is 8.93. The van der Waals surface area contributed by atoms with E-state index in [1.54, 1.807) is 17.4 Å². The summed E-state index contributed by atoms with van der Waals surface area (Å²) in [6.07, 6.45) is 1.58. The molecule has 0 aliphatic rings. The maximum atomic E-state index is 10.3. The lowest BCUT2D eigenvalue weighted by Crippen LogP contribution is -1.91. The van der Waals surface area contributed by atoms with E-state index in [2.05, 4.69) is 0 Å². The van der Waals surface area contributed by atoms with Crippen molar-refractivity contribution >= 4 is 17.4 Å². The van der Waals surface area contributed by atoms with E-state index < -0.39 is 0 Å². The van der Waals surface area contributed by atoms with Crippen molar-refractivity contribution in [2.75, 3.05) is 0 Å². The number of aryl methyl sites for hydroxylation is 1. The molecule has 0 fully saturated rings. The molecule has 0 atom stereocenters. The van der Waals surface area contributed by atoms with Crippen LogP contribution in [0.15, 0.2) is 17.8 Å². The van der Waals surface area contributed by atoms with Gasteiger partial charge in [0.05, 0.1) is 4.92 Å². The molecule has 0 aromatic carbocycles. The Morgan fingerprint density at radius 2 is 2.33 bits per heavy atom. The van der Waals surface area contributed by atoms with Crippen LogP contribution >= 0.6 is 11.3 Å². The number of hydrogen-bond acceptors (Lipinski definition) is 3. The van der Waals surface area contributed by atoms with E-state index in [0.29, 0.717) is 0 Å². The summed E-state index contributed by atoms with van der Waals surface area (Å²) in [5.74, 6) is 0. The fraction of sp³-hybridized carbons (Fsp3) is 0.250. The average molecular weight is 183 g/mol. The first-order valence-electron chi connectivity index (χ1n) is 3.49. The van der Waals surface area contributed by atoms with Crippen molar-refractivity contribution < 1.29 is 4.92 Å². The van der Waals surface area contributed by atoms with E-state index in [0.717, 1.165) is 9.75 Å². The Kier molecular flexibility index (Phi) is 2.60. The van der Waals surface area contributed by atoms with Gasteiger partial charge in [0.1, 0.15) is 0 Å². The molecule has 0 aliphatic heterocycles. The van der Waals surface area contributed by atoms with Crippen LogP contribution in [-0.2, 0) is 0 Å². The van der Waals surface area contributed by atoms with E-state index in [1.807, 2.05) is 19.1 Å². The second kappa shape index (κ2) is 3.49. The van der Waals surface area contributed by atoms with Gasteiger partial charge in [0.25, 0.3) is 0 Å². The molecule has 1 aromatic heterocycles. The molecule has 0 saturated carbocycles. The normalized spacial score (nSPS) is 11.7. The Bertz CT molecular complexity index is 328. The lowest BCUT2D eigenvalue weighted by atomic mass is 10.4. The second-order valence-corrected chi connectivity index (χ2v) is 3.81. The highest BCUT2D eigenvalue weighted by atomic mass is 32.1. The summed E-state index contributed by atoms with van der Waals surface area (Å²) in [5.41, 5.74) is 0.178. The molecular weight excluding hydrogens is 174 g/mol. The van der Waals surface area contributed by atoms with E-state index in [4.69, 9.17) is 0 Å². The van der Waals surface area contributed by atoms with Crippen molar-refractivity contribution in [1.29, 1.82) is 0 Å². The highest BCUT2D eigenvalue weighted by Gasteiger charge is 2.02. The predicted molar refractivity (Wildman–Crippen MR) is 49.7 cm³/mol. The molecule has 4 heteroatoms. The van der Waals surface area contributed by atoms with Crippen molar-refractivity contribution in [2.24, 2.45) is 0 Å². The van der Waals surface area contributed by atoms with Gasteiger partial charge in [-0.3, -0.25) is 10.1 Å². The molecule has 0 unspecified atom stereocenters. The van der Waals surface area contributed by atoms with Crippen LogP contribution in [0.5, 0.6) is 0 Å². The van der Waals surface area contributed by atoms with Crippen molar-refractivity contribution in [2.45, 2.75) is 13.8 Å². The SMILES string of the molecule is C/C(=C/c1ccc(C)s1)[N+](=O)[O-]. The highest BCUT2D eigenvalue weighted by Crippen LogP contribution is 2.18. The van der Waals surface area contributed by atoms with Gasteiger partial charge in [-0.05, 0) is 19.1 Å². The topological polar surface area (TPSA) is 43.1 Å². The molecule has 0 amide bonds. The Balaban J connectivity index is 2.87. The zero-order valence-electron chi connectivity index (χ0n) is 6.90. The lowest BCUT2D eigenvalue weighted by Gasteiger charge is -1.86. The van der Waals surface area contributed by atoms with Crippen LogP contribution in [0.25, 0.3) is 6.08 Å². The Labute approximate surface area is 74.5 Å². The van der Waals surface area contributed by atoms with Gasteiger partial charge in [0.2, 0.25) is 5.70 Å². The van der Waals surface area contributed by atoms with Gasteiger partial charge in [0, 0.05) is 22.8 Å². The molecule has 64 valence electrons. The monoisotopic (exact) mass is 183 g/mol. The number of rotatable bonds is 2. The third-order valence-corrected chi connectivity index (χ3v) is 2.35.